The first kappa shape index (κ1) is 13.0. The SMILES string of the molecule is Cc1ccccc1C(=O)C(C#N)c1ccccc1C. The van der Waals surface area contributed by atoms with Crippen molar-refractivity contribution < 1.29 is 4.79 Å². The zero-order valence-corrected chi connectivity index (χ0v) is 11.1. The highest BCUT2D eigenvalue weighted by Gasteiger charge is 2.23. The summed E-state index contributed by atoms with van der Waals surface area (Å²) in [6.07, 6.45) is 0. The third kappa shape index (κ3) is 2.56. The molecule has 0 aliphatic rings. The number of ketones is 1. The molecule has 2 nitrogen and oxygen atoms in total. The van der Waals surface area contributed by atoms with E-state index in [1.807, 2.05) is 56.3 Å². The molecular formula is C17H15NO. The molecule has 0 N–H and O–H groups in total. The van der Waals surface area contributed by atoms with E-state index in [0.717, 1.165) is 16.7 Å². The molecule has 0 heterocycles. The van der Waals surface area contributed by atoms with Crippen LogP contribution in [0.2, 0.25) is 0 Å². The highest BCUT2D eigenvalue weighted by Crippen LogP contribution is 2.24. The number of hydrogen-bond acceptors (Lipinski definition) is 2. The number of Topliss-reactive ketones (excluding diaryl/α,β-unsaturated/α-hetero) is 1. The van der Waals surface area contributed by atoms with E-state index in [1.54, 1.807) is 6.07 Å². The number of rotatable bonds is 3. The first-order chi connectivity index (χ1) is 9.15. The molecule has 94 valence electrons. The van der Waals surface area contributed by atoms with E-state index >= 15 is 0 Å². The second-order valence-corrected chi connectivity index (χ2v) is 4.60. The fourth-order valence-electron chi connectivity index (χ4n) is 2.18. The summed E-state index contributed by atoms with van der Waals surface area (Å²) in [5, 5.41) is 9.36. The van der Waals surface area contributed by atoms with E-state index in [2.05, 4.69) is 6.07 Å². The van der Waals surface area contributed by atoms with Gasteiger partial charge in [-0.3, -0.25) is 4.79 Å². The van der Waals surface area contributed by atoms with E-state index in [0.29, 0.717) is 5.56 Å². The largest absolute Gasteiger partial charge is 0.292 e. The Morgan fingerprint density at radius 3 is 2.16 bits per heavy atom. The lowest BCUT2D eigenvalue weighted by atomic mass is 9.88. The lowest BCUT2D eigenvalue weighted by Crippen LogP contribution is -2.13. The van der Waals surface area contributed by atoms with Crippen molar-refractivity contribution >= 4 is 5.78 Å². The van der Waals surface area contributed by atoms with Gasteiger partial charge in [-0.05, 0) is 30.5 Å². The number of hydrogen-bond donors (Lipinski definition) is 0. The van der Waals surface area contributed by atoms with Crippen LogP contribution in [0.3, 0.4) is 0 Å². The van der Waals surface area contributed by atoms with Crippen molar-refractivity contribution in [2.45, 2.75) is 19.8 Å². The maximum absolute atomic E-state index is 12.5. The molecule has 0 aliphatic heterocycles. The third-order valence-corrected chi connectivity index (χ3v) is 3.30. The fraction of sp³-hybridized carbons (Fsp3) is 0.176. The Morgan fingerprint density at radius 1 is 1.00 bits per heavy atom. The van der Waals surface area contributed by atoms with Gasteiger partial charge in [-0.2, -0.15) is 5.26 Å². The fourth-order valence-corrected chi connectivity index (χ4v) is 2.18. The van der Waals surface area contributed by atoms with Gasteiger partial charge in [0.25, 0.3) is 0 Å². The number of nitriles is 1. The molecule has 19 heavy (non-hydrogen) atoms. The highest BCUT2D eigenvalue weighted by atomic mass is 16.1. The van der Waals surface area contributed by atoms with Crippen molar-refractivity contribution in [3.8, 4) is 6.07 Å². The van der Waals surface area contributed by atoms with Gasteiger partial charge in [-0.1, -0.05) is 48.5 Å². The maximum atomic E-state index is 12.5. The molecule has 0 aliphatic carbocycles. The summed E-state index contributed by atoms with van der Waals surface area (Å²) >= 11 is 0. The van der Waals surface area contributed by atoms with Crippen LogP contribution in [0.15, 0.2) is 48.5 Å². The molecule has 0 fully saturated rings. The monoisotopic (exact) mass is 249 g/mol. The normalized spacial score (nSPS) is 11.6. The van der Waals surface area contributed by atoms with E-state index in [-0.39, 0.29) is 5.78 Å². The maximum Gasteiger partial charge on any atom is 0.184 e. The van der Waals surface area contributed by atoms with Crippen LogP contribution in [-0.4, -0.2) is 5.78 Å². The molecule has 1 atom stereocenters. The molecule has 0 amide bonds. The van der Waals surface area contributed by atoms with Crippen molar-refractivity contribution in [1.82, 2.24) is 0 Å². The number of benzene rings is 2. The molecule has 0 radical (unpaired) electrons. The predicted molar refractivity (Wildman–Crippen MR) is 75.0 cm³/mol. The summed E-state index contributed by atoms with van der Waals surface area (Å²) in [6.45, 7) is 3.81. The van der Waals surface area contributed by atoms with Crippen molar-refractivity contribution in [1.29, 1.82) is 5.26 Å². The van der Waals surface area contributed by atoms with Gasteiger partial charge in [-0.15, -0.1) is 0 Å². The second-order valence-electron chi connectivity index (χ2n) is 4.60. The summed E-state index contributed by atoms with van der Waals surface area (Å²) in [6, 6.07) is 17.1. The van der Waals surface area contributed by atoms with Crippen molar-refractivity contribution in [3.05, 3.63) is 70.8 Å². The number of nitrogens with zero attached hydrogens (tertiary/aromatic N) is 1. The molecule has 0 bridgehead atoms. The molecule has 0 saturated heterocycles. The lowest BCUT2D eigenvalue weighted by molar-refractivity contribution is 0.0978. The van der Waals surface area contributed by atoms with Crippen LogP contribution in [0.5, 0.6) is 0 Å². The van der Waals surface area contributed by atoms with Gasteiger partial charge < -0.3 is 0 Å². The van der Waals surface area contributed by atoms with Gasteiger partial charge in [0, 0.05) is 5.56 Å². The van der Waals surface area contributed by atoms with Gasteiger partial charge in [0.2, 0.25) is 0 Å². The van der Waals surface area contributed by atoms with Crippen LogP contribution in [0.4, 0.5) is 0 Å². The van der Waals surface area contributed by atoms with Crippen LogP contribution in [0.25, 0.3) is 0 Å². The van der Waals surface area contributed by atoms with Gasteiger partial charge >= 0.3 is 0 Å². The Kier molecular flexibility index (Phi) is 3.77. The van der Waals surface area contributed by atoms with Crippen LogP contribution >= 0.6 is 0 Å². The van der Waals surface area contributed by atoms with Gasteiger partial charge in [0.15, 0.2) is 5.78 Å². The molecule has 2 aromatic rings. The summed E-state index contributed by atoms with van der Waals surface area (Å²) < 4.78 is 0. The average Bonchev–Trinajstić information content (AvgIpc) is 2.42. The average molecular weight is 249 g/mol. The first-order valence-electron chi connectivity index (χ1n) is 6.20. The molecule has 2 heteroatoms. The van der Waals surface area contributed by atoms with Crippen molar-refractivity contribution in [2.75, 3.05) is 0 Å². The van der Waals surface area contributed by atoms with Gasteiger partial charge in [0.1, 0.15) is 5.92 Å². The summed E-state index contributed by atoms with van der Waals surface area (Å²) in [5.41, 5.74) is 3.29. The molecule has 0 spiro atoms. The van der Waals surface area contributed by atoms with Gasteiger partial charge in [-0.25, -0.2) is 0 Å². The van der Waals surface area contributed by atoms with E-state index < -0.39 is 5.92 Å². The molecule has 2 rings (SSSR count). The zero-order valence-electron chi connectivity index (χ0n) is 11.1. The van der Waals surface area contributed by atoms with Crippen LogP contribution in [0, 0.1) is 25.2 Å². The van der Waals surface area contributed by atoms with Crippen LogP contribution in [-0.2, 0) is 0 Å². The van der Waals surface area contributed by atoms with Gasteiger partial charge in [0.05, 0.1) is 6.07 Å². The first-order valence-corrected chi connectivity index (χ1v) is 6.20. The van der Waals surface area contributed by atoms with Crippen molar-refractivity contribution in [2.24, 2.45) is 0 Å². The standard InChI is InChI=1S/C17H15NO/c1-12-7-3-5-9-14(12)16(11-18)17(19)15-10-6-4-8-13(15)2/h3-10,16H,1-2H3. The van der Waals surface area contributed by atoms with E-state index in [9.17, 15) is 10.1 Å². The molecule has 1 unspecified atom stereocenters. The Bertz CT molecular complexity index is 652. The molecule has 0 aromatic heterocycles. The minimum atomic E-state index is -0.734. The predicted octanol–water partition coefficient (Wildman–Crippen LogP) is 3.79. The van der Waals surface area contributed by atoms with Crippen molar-refractivity contribution in [3.63, 3.8) is 0 Å². The minimum absolute atomic E-state index is 0.130. The smallest absolute Gasteiger partial charge is 0.184 e. The second kappa shape index (κ2) is 5.49. The van der Waals surface area contributed by atoms with E-state index in [4.69, 9.17) is 0 Å². The number of carbonyl (C=O) groups excluding carboxylic acids is 1. The summed E-state index contributed by atoms with van der Waals surface area (Å²) in [5.74, 6) is -0.864. The number of carbonyl (C=O) groups is 1. The molecule has 2 aromatic carbocycles. The lowest BCUT2D eigenvalue weighted by Gasteiger charge is -2.12. The van der Waals surface area contributed by atoms with Crippen LogP contribution < -0.4 is 0 Å². The molecular weight excluding hydrogens is 234 g/mol. The topological polar surface area (TPSA) is 40.9 Å². The number of aryl methyl sites for hydroxylation is 2. The summed E-state index contributed by atoms with van der Waals surface area (Å²) in [7, 11) is 0. The third-order valence-electron chi connectivity index (χ3n) is 3.30. The van der Waals surface area contributed by atoms with E-state index in [1.165, 1.54) is 0 Å². The Hall–Kier alpha value is -2.40. The Morgan fingerprint density at radius 2 is 1.58 bits per heavy atom. The quantitative estimate of drug-likeness (QED) is 0.776. The Labute approximate surface area is 113 Å². The van der Waals surface area contributed by atoms with Crippen LogP contribution in [0.1, 0.15) is 33.0 Å². The minimum Gasteiger partial charge on any atom is -0.292 e. The Balaban J connectivity index is 2.45. The summed E-state index contributed by atoms with van der Waals surface area (Å²) in [4.78, 5) is 12.5. The highest BCUT2D eigenvalue weighted by molar-refractivity contribution is 6.03. The molecule has 0 saturated carbocycles. The zero-order chi connectivity index (χ0) is 13.8.